The first kappa shape index (κ1) is 48.2. The van der Waals surface area contributed by atoms with Crippen LogP contribution in [0.25, 0.3) is 0 Å². The Morgan fingerprint density at radius 1 is 0.692 bits per heavy atom. The fourth-order valence-electron chi connectivity index (χ4n) is 7.35. The normalized spacial score (nSPS) is 14.8. The molecule has 15 heteroatoms. The van der Waals surface area contributed by atoms with E-state index in [0.29, 0.717) is 61.5 Å². The van der Waals surface area contributed by atoms with E-state index in [0.717, 1.165) is 0 Å². The third-order valence-corrected chi connectivity index (χ3v) is 22.7. The molecule has 0 aliphatic carbocycles. The molecule has 0 radical (unpaired) electrons. The van der Waals surface area contributed by atoms with Crippen molar-refractivity contribution >= 4 is 36.4 Å². The molecule has 1 aromatic carbocycles. The second-order valence-corrected chi connectivity index (χ2v) is 28.9. The molecule has 0 spiro atoms. The van der Waals surface area contributed by atoms with Gasteiger partial charge in [-0.15, -0.1) is 0 Å². The standard InChI is InChI=1S/C37H70NO11PSi2/c1-26(2)51(27(3)4,28(5)6)48-34-21-33(22-35(23-34)49-52(29(7)8,30(9)10)31(11)12)47-37(41)18-16-17-36(40)44-24-32(39)25-46-50(42,43)45-20-19-38(13,14)15/h21-23,26-32,39H,16-20,24-25H2,1-15H3/t32-/m1/s1. The molecule has 12 nitrogen and oxygen atoms in total. The van der Waals surface area contributed by atoms with E-state index in [2.05, 4.69) is 83.1 Å². The first-order valence-corrected chi connectivity index (χ1v) is 24.5. The predicted molar refractivity (Wildman–Crippen MR) is 209 cm³/mol. The van der Waals surface area contributed by atoms with Crippen molar-refractivity contribution in [2.75, 3.05) is 47.5 Å². The molecule has 52 heavy (non-hydrogen) atoms. The minimum absolute atomic E-state index is 0.0582. The van der Waals surface area contributed by atoms with Crippen LogP contribution in [0.2, 0.25) is 33.2 Å². The van der Waals surface area contributed by atoms with Crippen LogP contribution < -0.4 is 18.5 Å². The number of phosphoric ester groups is 1. The van der Waals surface area contributed by atoms with Gasteiger partial charge in [-0.3, -0.25) is 14.2 Å². The topological polar surface area (TPSA) is 150 Å². The minimum atomic E-state index is -4.62. The van der Waals surface area contributed by atoms with Crippen LogP contribution in [0.1, 0.15) is 102 Å². The Morgan fingerprint density at radius 3 is 1.50 bits per heavy atom. The number of carbonyl (C=O) groups is 2. The second-order valence-electron chi connectivity index (χ2n) is 16.7. The van der Waals surface area contributed by atoms with Gasteiger partial charge < -0.3 is 41.9 Å². The summed E-state index contributed by atoms with van der Waals surface area (Å²) in [5.74, 6) is 0.381. The molecule has 0 amide bonds. The van der Waals surface area contributed by atoms with Crippen LogP contribution in [0.3, 0.4) is 0 Å². The van der Waals surface area contributed by atoms with Gasteiger partial charge in [0.15, 0.2) is 0 Å². The number of hydrogen-bond acceptors (Lipinski definition) is 11. The van der Waals surface area contributed by atoms with E-state index >= 15 is 0 Å². The Balaban J connectivity index is 3.01. The molecule has 1 rings (SSSR count). The van der Waals surface area contributed by atoms with Crippen molar-refractivity contribution in [1.82, 2.24) is 0 Å². The lowest BCUT2D eigenvalue weighted by atomic mass is 10.2. The zero-order valence-corrected chi connectivity index (χ0v) is 37.5. The maximum absolute atomic E-state index is 13.0. The zero-order valence-electron chi connectivity index (χ0n) is 34.6. The van der Waals surface area contributed by atoms with Crippen LogP contribution in [0.5, 0.6) is 17.2 Å². The lowest BCUT2D eigenvalue weighted by molar-refractivity contribution is -0.870. The molecule has 1 N–H and O–H groups in total. The number of rotatable bonds is 24. The van der Waals surface area contributed by atoms with Crippen molar-refractivity contribution in [2.24, 2.45) is 0 Å². The van der Waals surface area contributed by atoms with Crippen LogP contribution in [0.4, 0.5) is 0 Å². The molecular formula is C37H70NO11PSi2. The number of esters is 2. The van der Waals surface area contributed by atoms with Crippen molar-refractivity contribution in [3.8, 4) is 17.2 Å². The number of aliphatic hydroxyl groups is 1. The Bertz CT molecular complexity index is 1220. The zero-order chi connectivity index (χ0) is 40.2. The molecule has 2 atom stereocenters. The van der Waals surface area contributed by atoms with Gasteiger partial charge in [-0.05, 0) is 39.7 Å². The summed E-state index contributed by atoms with van der Waals surface area (Å²) in [5.41, 5.74) is 1.98. The van der Waals surface area contributed by atoms with Gasteiger partial charge in [0.1, 0.15) is 43.1 Å². The summed E-state index contributed by atoms with van der Waals surface area (Å²) >= 11 is 0. The molecule has 1 aromatic rings. The fraction of sp³-hybridized carbons (Fsp3) is 0.784. The molecular weight excluding hydrogens is 722 g/mol. The van der Waals surface area contributed by atoms with Crippen molar-refractivity contribution in [1.29, 1.82) is 0 Å². The van der Waals surface area contributed by atoms with Gasteiger partial charge in [-0.1, -0.05) is 83.1 Å². The number of phosphoric acid groups is 1. The molecule has 0 aromatic heterocycles. The Labute approximate surface area is 316 Å². The Kier molecular flexibility index (Phi) is 19.3. The van der Waals surface area contributed by atoms with Gasteiger partial charge in [0, 0.05) is 31.0 Å². The smallest absolute Gasteiger partial charge is 0.311 e. The number of carbonyl (C=O) groups excluding carboxylic acids is 2. The second kappa shape index (κ2) is 20.8. The van der Waals surface area contributed by atoms with Crippen LogP contribution in [0, 0.1) is 0 Å². The van der Waals surface area contributed by atoms with Crippen LogP contribution in [-0.2, 0) is 27.9 Å². The number of likely N-dealkylation sites (N-methyl/N-ethyl adjacent to an activating group) is 1. The molecule has 1 unspecified atom stereocenters. The number of hydrogen-bond donors (Lipinski definition) is 1. The van der Waals surface area contributed by atoms with E-state index in [1.807, 2.05) is 27.2 Å². The number of aliphatic hydroxyl groups excluding tert-OH is 1. The average molecular weight is 792 g/mol. The average Bonchev–Trinajstić information content (AvgIpc) is 2.98. The van der Waals surface area contributed by atoms with E-state index in [-0.39, 0.29) is 25.9 Å². The van der Waals surface area contributed by atoms with Crippen LogP contribution in [-0.4, -0.2) is 91.8 Å². The molecule has 0 saturated carbocycles. The number of nitrogens with zero attached hydrogens (tertiary/aromatic N) is 1. The van der Waals surface area contributed by atoms with Crippen molar-refractivity contribution in [3.63, 3.8) is 0 Å². The predicted octanol–water partition coefficient (Wildman–Crippen LogP) is 7.98. The lowest BCUT2D eigenvalue weighted by Crippen LogP contribution is -2.51. The third kappa shape index (κ3) is 14.8. The number of ether oxygens (including phenoxy) is 2. The Morgan fingerprint density at radius 2 is 1.10 bits per heavy atom. The lowest BCUT2D eigenvalue weighted by Gasteiger charge is -2.43. The summed E-state index contributed by atoms with van der Waals surface area (Å²) in [6, 6.07) is 5.47. The molecule has 0 aliphatic rings. The van der Waals surface area contributed by atoms with E-state index in [1.165, 1.54) is 0 Å². The first-order chi connectivity index (χ1) is 23.8. The summed E-state index contributed by atoms with van der Waals surface area (Å²) < 4.78 is 46.9. The quantitative estimate of drug-likeness (QED) is 0.0357. The summed E-state index contributed by atoms with van der Waals surface area (Å²) in [7, 11) is -3.66. The minimum Gasteiger partial charge on any atom is -0.756 e. The largest absolute Gasteiger partial charge is 0.756 e. The summed E-state index contributed by atoms with van der Waals surface area (Å²) in [6.45, 7) is 25.9. The van der Waals surface area contributed by atoms with Crippen molar-refractivity contribution < 1.29 is 56.0 Å². The van der Waals surface area contributed by atoms with Gasteiger partial charge in [0.2, 0.25) is 0 Å². The van der Waals surface area contributed by atoms with Gasteiger partial charge in [-0.25, -0.2) is 0 Å². The SMILES string of the molecule is CC(C)[Si](Oc1cc(OC(=O)CCCC(=O)OC[C@@H](O)COP(=O)([O-])OCC[N+](C)(C)C)cc(O[Si](C(C)C)(C(C)C)C(C)C)c1)(C(C)C)C(C)C. The van der Waals surface area contributed by atoms with Gasteiger partial charge in [0.25, 0.3) is 24.5 Å². The maximum atomic E-state index is 13.0. The van der Waals surface area contributed by atoms with E-state index in [4.69, 9.17) is 27.4 Å². The molecule has 0 saturated heterocycles. The molecule has 0 aliphatic heterocycles. The van der Waals surface area contributed by atoms with Crippen molar-refractivity contribution in [3.05, 3.63) is 18.2 Å². The highest BCUT2D eigenvalue weighted by atomic mass is 31.2. The van der Waals surface area contributed by atoms with E-state index in [9.17, 15) is 24.2 Å². The van der Waals surface area contributed by atoms with Crippen LogP contribution >= 0.6 is 7.82 Å². The molecule has 0 fully saturated rings. The van der Waals surface area contributed by atoms with E-state index in [1.54, 1.807) is 12.1 Å². The molecule has 0 heterocycles. The third-order valence-electron chi connectivity index (χ3n) is 9.72. The summed E-state index contributed by atoms with van der Waals surface area (Å²) in [5, 5.41) is 10.1. The number of benzene rings is 1. The summed E-state index contributed by atoms with van der Waals surface area (Å²) in [4.78, 5) is 37.3. The van der Waals surface area contributed by atoms with Crippen LogP contribution in [0.15, 0.2) is 18.2 Å². The van der Waals surface area contributed by atoms with Gasteiger partial charge in [0.05, 0.1) is 27.7 Å². The number of quaternary nitrogens is 1. The Hall–Kier alpha value is -1.78. The maximum Gasteiger partial charge on any atom is 0.311 e. The first-order valence-electron chi connectivity index (χ1n) is 18.8. The van der Waals surface area contributed by atoms with E-state index < -0.39 is 55.7 Å². The van der Waals surface area contributed by atoms with Crippen molar-refractivity contribution in [2.45, 2.75) is 142 Å². The highest BCUT2D eigenvalue weighted by Crippen LogP contribution is 2.46. The van der Waals surface area contributed by atoms with Gasteiger partial charge >= 0.3 is 11.9 Å². The fourth-order valence-corrected chi connectivity index (χ4v) is 18.5. The monoisotopic (exact) mass is 791 g/mol. The summed E-state index contributed by atoms with van der Waals surface area (Å²) in [6.07, 6.45) is -1.40. The highest BCUT2D eigenvalue weighted by Gasteiger charge is 2.48. The highest BCUT2D eigenvalue weighted by molar-refractivity contribution is 7.45. The molecule has 0 bridgehead atoms. The van der Waals surface area contributed by atoms with Gasteiger partial charge in [-0.2, -0.15) is 0 Å². The molecule has 302 valence electrons.